The summed E-state index contributed by atoms with van der Waals surface area (Å²) in [6, 6.07) is 14.9. The molecule has 0 saturated carbocycles. The molecule has 0 bridgehead atoms. The summed E-state index contributed by atoms with van der Waals surface area (Å²) in [7, 11) is 1.61. The van der Waals surface area contributed by atoms with Crippen LogP contribution < -0.4 is 19.5 Å². The first-order valence-electron chi connectivity index (χ1n) is 9.04. The summed E-state index contributed by atoms with van der Waals surface area (Å²) >= 11 is 1.56. The third-order valence-corrected chi connectivity index (χ3v) is 4.86. The predicted octanol–water partition coefficient (Wildman–Crippen LogP) is 4.62. The van der Waals surface area contributed by atoms with Crippen molar-refractivity contribution in [1.29, 1.82) is 0 Å². The van der Waals surface area contributed by atoms with Crippen LogP contribution in [0.15, 0.2) is 48.5 Å². The van der Waals surface area contributed by atoms with Crippen LogP contribution in [0.2, 0.25) is 0 Å². The summed E-state index contributed by atoms with van der Waals surface area (Å²) in [6.07, 6.45) is 0.986. The molecule has 1 amide bonds. The van der Waals surface area contributed by atoms with E-state index >= 15 is 0 Å². The molecule has 0 saturated heterocycles. The van der Waals surface area contributed by atoms with E-state index in [-0.39, 0.29) is 11.2 Å². The van der Waals surface area contributed by atoms with Crippen LogP contribution >= 0.6 is 11.8 Å². The lowest BCUT2D eigenvalue weighted by atomic mass is 10.3. The summed E-state index contributed by atoms with van der Waals surface area (Å²) in [6.45, 7) is 5.23. The number of methoxy groups -OCH3 is 1. The first-order chi connectivity index (χ1) is 13.1. The highest BCUT2D eigenvalue weighted by molar-refractivity contribution is 8.00. The van der Waals surface area contributed by atoms with Crippen molar-refractivity contribution >= 4 is 23.4 Å². The molecule has 0 heterocycles. The normalized spacial score (nSPS) is 11.5. The van der Waals surface area contributed by atoms with Gasteiger partial charge in [0.25, 0.3) is 0 Å². The smallest absolute Gasteiger partial charge is 0.237 e. The van der Waals surface area contributed by atoms with Gasteiger partial charge >= 0.3 is 0 Å². The van der Waals surface area contributed by atoms with E-state index in [1.54, 1.807) is 18.9 Å². The number of amides is 1. The molecule has 0 aliphatic rings. The number of thioether (sulfide) groups is 1. The first kappa shape index (κ1) is 21.0. The molecule has 0 fully saturated rings. The van der Waals surface area contributed by atoms with Gasteiger partial charge in [-0.3, -0.25) is 4.79 Å². The van der Waals surface area contributed by atoms with Crippen molar-refractivity contribution in [2.45, 2.75) is 25.5 Å². The van der Waals surface area contributed by atoms with Crippen LogP contribution in [0.1, 0.15) is 20.3 Å². The zero-order valence-corrected chi connectivity index (χ0v) is 16.9. The maximum absolute atomic E-state index is 12.2. The van der Waals surface area contributed by atoms with Gasteiger partial charge in [-0.05, 0) is 61.9 Å². The fraction of sp³-hybridized carbons (Fsp3) is 0.381. The molecule has 0 spiro atoms. The molecule has 2 aromatic rings. The average molecular weight is 390 g/mol. The lowest BCUT2D eigenvalue weighted by Crippen LogP contribution is -2.23. The lowest BCUT2D eigenvalue weighted by Gasteiger charge is -2.13. The second kappa shape index (κ2) is 11.4. The first-order valence-corrected chi connectivity index (χ1v) is 10.1. The number of hydrogen-bond acceptors (Lipinski definition) is 5. The zero-order chi connectivity index (χ0) is 19.5. The molecular weight excluding hydrogens is 362 g/mol. The van der Waals surface area contributed by atoms with Gasteiger partial charge in [0, 0.05) is 11.4 Å². The van der Waals surface area contributed by atoms with Gasteiger partial charge in [-0.15, -0.1) is 11.8 Å². The second-order valence-electron chi connectivity index (χ2n) is 5.90. The van der Waals surface area contributed by atoms with Gasteiger partial charge in [0.2, 0.25) is 5.91 Å². The molecule has 5 nitrogen and oxygen atoms in total. The maximum atomic E-state index is 12.2. The molecule has 1 N–H and O–H groups in total. The molecule has 0 aliphatic carbocycles. The van der Waals surface area contributed by atoms with Crippen molar-refractivity contribution in [2.24, 2.45) is 0 Å². The van der Waals surface area contributed by atoms with Crippen LogP contribution in [-0.2, 0) is 4.79 Å². The van der Waals surface area contributed by atoms with Gasteiger partial charge in [0.15, 0.2) is 0 Å². The second-order valence-corrected chi connectivity index (χ2v) is 7.35. The molecular formula is C21H27NO4S. The highest BCUT2D eigenvalue weighted by atomic mass is 32.2. The Bertz CT molecular complexity index is 688. The van der Waals surface area contributed by atoms with Crippen LogP contribution in [-0.4, -0.2) is 37.2 Å². The molecule has 2 aromatic carbocycles. The summed E-state index contributed by atoms with van der Waals surface area (Å²) in [5, 5.41) is 2.74. The fourth-order valence-electron chi connectivity index (χ4n) is 2.23. The highest BCUT2D eigenvalue weighted by Crippen LogP contribution is 2.20. The van der Waals surface area contributed by atoms with E-state index in [1.165, 1.54) is 0 Å². The zero-order valence-electron chi connectivity index (χ0n) is 16.1. The van der Waals surface area contributed by atoms with Crippen LogP contribution in [0.25, 0.3) is 0 Å². The van der Waals surface area contributed by atoms with E-state index < -0.39 is 0 Å². The minimum atomic E-state index is -0.166. The van der Waals surface area contributed by atoms with Crippen LogP contribution in [0, 0.1) is 0 Å². The van der Waals surface area contributed by atoms with Gasteiger partial charge in [-0.2, -0.15) is 0 Å². The van der Waals surface area contributed by atoms with Crippen molar-refractivity contribution in [1.82, 2.24) is 0 Å². The van der Waals surface area contributed by atoms with Crippen molar-refractivity contribution in [3.63, 3.8) is 0 Å². The van der Waals surface area contributed by atoms with Gasteiger partial charge in [-0.1, -0.05) is 6.92 Å². The van der Waals surface area contributed by atoms with Gasteiger partial charge < -0.3 is 19.5 Å². The summed E-state index contributed by atoms with van der Waals surface area (Å²) in [5.74, 6) is 3.11. The van der Waals surface area contributed by atoms with Gasteiger partial charge in [0.1, 0.15) is 17.2 Å². The Morgan fingerprint density at radius 3 is 2.07 bits per heavy atom. The van der Waals surface area contributed by atoms with Crippen molar-refractivity contribution in [3.05, 3.63) is 48.5 Å². The minimum absolute atomic E-state index is 0.0254. The Labute approximate surface area is 165 Å². The molecule has 2 rings (SSSR count). The van der Waals surface area contributed by atoms with Crippen LogP contribution in [0.5, 0.6) is 17.2 Å². The summed E-state index contributed by atoms with van der Waals surface area (Å²) in [5.41, 5.74) is 0.759. The van der Waals surface area contributed by atoms with Crippen molar-refractivity contribution in [2.75, 3.05) is 31.4 Å². The number of anilines is 1. The van der Waals surface area contributed by atoms with E-state index in [1.807, 2.05) is 55.5 Å². The number of carbonyl (C=O) groups excluding carboxylic acids is 1. The molecule has 0 aromatic heterocycles. The predicted molar refractivity (Wildman–Crippen MR) is 111 cm³/mol. The quantitative estimate of drug-likeness (QED) is 0.568. The molecule has 1 atom stereocenters. The molecule has 1 unspecified atom stereocenters. The largest absolute Gasteiger partial charge is 0.497 e. The standard InChI is InChI=1S/C21H27NO4S/c1-4-13-25-19-9-11-20(12-10-19)26-14-15-27-16(2)21(23)22-17-5-7-18(24-3)8-6-17/h5-12,16H,4,13-15H2,1-3H3,(H,22,23). The number of nitrogens with one attached hydrogen (secondary N) is 1. The molecule has 146 valence electrons. The highest BCUT2D eigenvalue weighted by Gasteiger charge is 2.13. The summed E-state index contributed by atoms with van der Waals surface area (Å²) in [4.78, 5) is 12.2. The Morgan fingerprint density at radius 1 is 0.963 bits per heavy atom. The maximum Gasteiger partial charge on any atom is 0.237 e. The molecule has 6 heteroatoms. The molecule has 27 heavy (non-hydrogen) atoms. The SMILES string of the molecule is CCCOc1ccc(OCCSC(C)C(=O)Nc2ccc(OC)cc2)cc1. The third-order valence-electron chi connectivity index (χ3n) is 3.74. The van der Waals surface area contributed by atoms with Gasteiger partial charge in [-0.25, -0.2) is 0 Å². The topological polar surface area (TPSA) is 56.8 Å². The van der Waals surface area contributed by atoms with Crippen LogP contribution in [0.4, 0.5) is 5.69 Å². The third kappa shape index (κ3) is 7.43. The summed E-state index contributed by atoms with van der Waals surface area (Å²) < 4.78 is 16.4. The van der Waals surface area contributed by atoms with E-state index in [4.69, 9.17) is 14.2 Å². The van der Waals surface area contributed by atoms with E-state index in [0.29, 0.717) is 13.2 Å². The molecule has 0 radical (unpaired) electrons. The van der Waals surface area contributed by atoms with E-state index in [0.717, 1.165) is 35.1 Å². The van der Waals surface area contributed by atoms with Gasteiger partial charge in [0.05, 0.1) is 25.6 Å². The Kier molecular flexibility index (Phi) is 8.84. The van der Waals surface area contributed by atoms with E-state index in [9.17, 15) is 4.79 Å². The fourth-order valence-corrected chi connectivity index (χ4v) is 2.97. The number of carbonyl (C=O) groups is 1. The Hall–Kier alpha value is -2.34. The Balaban J connectivity index is 1.67. The molecule has 0 aliphatic heterocycles. The average Bonchev–Trinajstić information content (AvgIpc) is 2.70. The van der Waals surface area contributed by atoms with E-state index in [2.05, 4.69) is 12.2 Å². The van der Waals surface area contributed by atoms with Crippen LogP contribution in [0.3, 0.4) is 0 Å². The lowest BCUT2D eigenvalue weighted by molar-refractivity contribution is -0.115. The Morgan fingerprint density at radius 2 is 1.52 bits per heavy atom. The van der Waals surface area contributed by atoms with Crippen molar-refractivity contribution < 1.29 is 19.0 Å². The number of hydrogen-bond donors (Lipinski definition) is 1. The minimum Gasteiger partial charge on any atom is -0.497 e. The number of ether oxygens (including phenoxy) is 3. The number of benzene rings is 2. The monoisotopic (exact) mass is 389 g/mol. The number of rotatable bonds is 11. The van der Waals surface area contributed by atoms with Crippen molar-refractivity contribution in [3.8, 4) is 17.2 Å².